The highest BCUT2D eigenvalue weighted by atomic mass is 16.7. The summed E-state index contributed by atoms with van der Waals surface area (Å²) in [4.78, 5) is 0. The number of ether oxygens (including phenoxy) is 2. The molecule has 3 aromatic rings. The molecule has 0 N–H and O–H groups in total. The lowest BCUT2D eigenvalue weighted by Crippen LogP contribution is -2.58. The molecular formula is C21H14N2O2+2. The molecule has 0 saturated heterocycles. The average Bonchev–Trinajstić information content (AvgIpc) is 2.93. The highest BCUT2D eigenvalue weighted by Crippen LogP contribution is 2.48. The minimum atomic E-state index is -1.06. The van der Waals surface area contributed by atoms with Crippen LogP contribution in [0.2, 0.25) is 0 Å². The van der Waals surface area contributed by atoms with Gasteiger partial charge in [0.25, 0.3) is 11.4 Å². The van der Waals surface area contributed by atoms with Crippen LogP contribution in [0.5, 0.6) is 11.5 Å². The monoisotopic (exact) mass is 326 g/mol. The Bertz CT molecular complexity index is 1030. The quantitative estimate of drug-likeness (QED) is 0.589. The fourth-order valence-corrected chi connectivity index (χ4v) is 3.74. The first-order valence-electron chi connectivity index (χ1n) is 8.29. The van der Waals surface area contributed by atoms with Gasteiger partial charge < -0.3 is 9.47 Å². The van der Waals surface area contributed by atoms with E-state index in [0.29, 0.717) is 0 Å². The van der Waals surface area contributed by atoms with Gasteiger partial charge >= 0.3 is 6.03 Å². The summed E-state index contributed by atoms with van der Waals surface area (Å²) < 4.78 is 17.0. The van der Waals surface area contributed by atoms with Crippen molar-refractivity contribution >= 4 is 23.8 Å². The Labute approximate surface area is 144 Å². The van der Waals surface area contributed by atoms with Crippen molar-refractivity contribution in [3.8, 4) is 11.5 Å². The van der Waals surface area contributed by atoms with Gasteiger partial charge in [-0.05, 0) is 33.4 Å². The molecule has 25 heavy (non-hydrogen) atoms. The van der Waals surface area contributed by atoms with Crippen LogP contribution in [0, 0.1) is 0 Å². The van der Waals surface area contributed by atoms with Crippen molar-refractivity contribution in [1.29, 1.82) is 0 Å². The molecule has 0 radical (unpaired) electrons. The zero-order valence-corrected chi connectivity index (χ0v) is 13.3. The zero-order valence-electron chi connectivity index (χ0n) is 13.3. The molecule has 0 aromatic heterocycles. The Hall–Kier alpha value is -3.40. The van der Waals surface area contributed by atoms with Crippen LogP contribution in [-0.2, 0) is 0 Å². The van der Waals surface area contributed by atoms with Crippen LogP contribution in [0.15, 0.2) is 72.8 Å². The standard InChI is InChI=1S/C21H14N2O2/c1-5-11-19-15(7-1)13-22-17-9-3-4-10-18(17)23-14-16-8-2-6-12-20(16)25-21(22,23)24-19/h1-14H/q+2. The first-order valence-corrected chi connectivity index (χ1v) is 8.29. The third-order valence-corrected chi connectivity index (χ3v) is 4.87. The molecule has 4 heteroatoms. The van der Waals surface area contributed by atoms with Crippen LogP contribution in [0.4, 0.5) is 11.4 Å². The fourth-order valence-electron chi connectivity index (χ4n) is 3.74. The first kappa shape index (κ1) is 13.0. The van der Waals surface area contributed by atoms with E-state index < -0.39 is 6.03 Å². The maximum absolute atomic E-state index is 6.45. The number of hydrogen-bond acceptors (Lipinski definition) is 2. The largest absolute Gasteiger partial charge is 0.715 e. The van der Waals surface area contributed by atoms with Crippen molar-refractivity contribution in [1.82, 2.24) is 0 Å². The molecule has 0 atom stereocenters. The second-order valence-electron chi connectivity index (χ2n) is 6.32. The van der Waals surface area contributed by atoms with Crippen LogP contribution in [0.1, 0.15) is 11.1 Å². The summed E-state index contributed by atoms with van der Waals surface area (Å²) in [5.74, 6) is 1.62. The van der Waals surface area contributed by atoms with Crippen molar-refractivity contribution in [3.63, 3.8) is 0 Å². The van der Waals surface area contributed by atoms with Gasteiger partial charge in [0.2, 0.25) is 0 Å². The Kier molecular flexibility index (Phi) is 2.26. The molecule has 3 aromatic carbocycles. The molecule has 3 aliphatic rings. The smallest absolute Gasteiger partial charge is 0.340 e. The van der Waals surface area contributed by atoms with E-state index in [1.165, 1.54) is 0 Å². The number of fused-ring (bicyclic) bond motifs is 5. The van der Waals surface area contributed by atoms with E-state index in [9.17, 15) is 0 Å². The van der Waals surface area contributed by atoms with Gasteiger partial charge in [-0.1, -0.05) is 36.4 Å². The lowest BCUT2D eigenvalue weighted by Gasteiger charge is -2.26. The van der Waals surface area contributed by atoms with Gasteiger partial charge in [0, 0.05) is 12.1 Å². The molecule has 0 aliphatic carbocycles. The third kappa shape index (κ3) is 1.56. The molecule has 0 amide bonds. The van der Waals surface area contributed by atoms with Gasteiger partial charge in [-0.2, -0.15) is 0 Å². The van der Waals surface area contributed by atoms with Crippen LogP contribution in [0.25, 0.3) is 0 Å². The average molecular weight is 326 g/mol. The van der Waals surface area contributed by atoms with E-state index in [0.717, 1.165) is 34.0 Å². The molecule has 0 fully saturated rings. The summed E-state index contributed by atoms with van der Waals surface area (Å²) in [6, 6.07) is 23.2. The van der Waals surface area contributed by atoms with Crippen molar-refractivity contribution < 1.29 is 18.6 Å². The third-order valence-electron chi connectivity index (χ3n) is 4.87. The van der Waals surface area contributed by atoms with E-state index in [1.807, 2.05) is 60.7 Å². The lowest BCUT2D eigenvalue weighted by molar-refractivity contribution is -0.831. The van der Waals surface area contributed by atoms with Crippen molar-refractivity contribution in [3.05, 3.63) is 83.9 Å². The van der Waals surface area contributed by atoms with Crippen molar-refractivity contribution in [2.75, 3.05) is 0 Å². The van der Waals surface area contributed by atoms with Crippen molar-refractivity contribution in [2.45, 2.75) is 6.03 Å². The van der Waals surface area contributed by atoms with Crippen LogP contribution in [-0.4, -0.2) is 27.6 Å². The molecular weight excluding hydrogens is 312 g/mol. The minimum absolute atomic E-state index is 0.810. The summed E-state index contributed by atoms with van der Waals surface area (Å²) in [7, 11) is 0. The Morgan fingerprint density at radius 1 is 0.560 bits per heavy atom. The molecule has 0 bridgehead atoms. The molecule has 0 unspecified atom stereocenters. The van der Waals surface area contributed by atoms with E-state index in [-0.39, 0.29) is 0 Å². The summed E-state index contributed by atoms with van der Waals surface area (Å²) >= 11 is 0. The summed E-state index contributed by atoms with van der Waals surface area (Å²) in [6.07, 6.45) is 4.19. The Balaban J connectivity index is 1.70. The van der Waals surface area contributed by atoms with Crippen LogP contribution < -0.4 is 9.47 Å². The summed E-state index contributed by atoms with van der Waals surface area (Å²) in [5, 5.41) is 0. The molecule has 0 saturated carbocycles. The minimum Gasteiger partial charge on any atom is -0.340 e. The van der Waals surface area contributed by atoms with Gasteiger partial charge in [0.15, 0.2) is 23.9 Å². The predicted molar refractivity (Wildman–Crippen MR) is 93.5 cm³/mol. The van der Waals surface area contributed by atoms with Gasteiger partial charge in [-0.3, -0.25) is 0 Å². The highest BCUT2D eigenvalue weighted by Gasteiger charge is 2.72. The number of para-hydroxylation sites is 4. The molecule has 1 spiro atoms. The van der Waals surface area contributed by atoms with Gasteiger partial charge in [-0.15, -0.1) is 0 Å². The predicted octanol–water partition coefficient (Wildman–Crippen LogP) is 3.62. The summed E-state index contributed by atoms with van der Waals surface area (Å²) in [5.41, 5.74) is 4.18. The molecule has 3 aliphatic heterocycles. The molecule has 4 nitrogen and oxygen atoms in total. The van der Waals surface area contributed by atoms with E-state index in [1.54, 1.807) is 0 Å². The van der Waals surface area contributed by atoms with Crippen molar-refractivity contribution in [2.24, 2.45) is 0 Å². The van der Waals surface area contributed by atoms with Crippen LogP contribution in [0.3, 0.4) is 0 Å². The van der Waals surface area contributed by atoms with E-state index in [2.05, 4.69) is 33.7 Å². The second kappa shape index (κ2) is 4.36. The number of nitrogens with zero attached hydrogens (tertiary/aromatic N) is 2. The topological polar surface area (TPSA) is 24.5 Å². The summed E-state index contributed by atoms with van der Waals surface area (Å²) in [6.45, 7) is 0. The number of benzene rings is 3. The first-order chi connectivity index (χ1) is 12.4. The lowest BCUT2D eigenvalue weighted by atomic mass is 10.2. The SMILES string of the molecule is C1=[N+]2c3ccccc3[N+]3=Cc4ccccc4OC23Oc2ccccc21. The normalized spacial score (nSPS) is 17.4. The number of hydrogen-bond donors (Lipinski definition) is 0. The second-order valence-corrected chi connectivity index (χ2v) is 6.32. The Morgan fingerprint density at radius 3 is 1.52 bits per heavy atom. The fraction of sp³-hybridized carbons (Fsp3) is 0.0476. The van der Waals surface area contributed by atoms with Gasteiger partial charge in [0.1, 0.15) is 0 Å². The van der Waals surface area contributed by atoms with Crippen LogP contribution >= 0.6 is 0 Å². The maximum Gasteiger partial charge on any atom is 0.715 e. The van der Waals surface area contributed by atoms with Gasteiger partial charge in [-0.25, -0.2) is 0 Å². The zero-order chi connectivity index (χ0) is 16.4. The highest BCUT2D eigenvalue weighted by molar-refractivity contribution is 5.85. The Morgan fingerprint density at radius 2 is 1.00 bits per heavy atom. The van der Waals surface area contributed by atoms with E-state index in [4.69, 9.17) is 9.47 Å². The molecule has 3 heterocycles. The maximum atomic E-state index is 6.45. The van der Waals surface area contributed by atoms with E-state index >= 15 is 0 Å². The number of rotatable bonds is 0. The molecule has 118 valence electrons. The molecule has 6 rings (SSSR count). The van der Waals surface area contributed by atoms with Gasteiger partial charge in [0.05, 0.1) is 11.1 Å².